The van der Waals surface area contributed by atoms with Crippen molar-refractivity contribution in [2.24, 2.45) is 0 Å². The Kier molecular flexibility index (Phi) is 7.37. The molecule has 0 bridgehead atoms. The standard InChI is InChI=1S/C19H17Cl2N3O.CH4/c1-13-19(21)17(24-12-23-13)4-2-3-14-5-10-18(22-11-14)25-16-8-6-15(20)7-9-16;/h5-12H,2-4H2,1H3;1H4. The lowest BCUT2D eigenvalue weighted by Gasteiger charge is -2.07. The molecule has 2 aromatic heterocycles. The minimum absolute atomic E-state index is 0. The molecule has 6 heteroatoms. The van der Waals surface area contributed by atoms with Gasteiger partial charge in [-0.15, -0.1) is 0 Å². The molecule has 0 atom stereocenters. The number of rotatable bonds is 6. The number of aromatic nitrogens is 3. The van der Waals surface area contributed by atoms with Crippen LogP contribution < -0.4 is 4.74 Å². The van der Waals surface area contributed by atoms with E-state index in [2.05, 4.69) is 15.0 Å². The first-order valence-corrected chi connectivity index (χ1v) is 8.72. The molecule has 0 N–H and O–H groups in total. The minimum atomic E-state index is 0. The van der Waals surface area contributed by atoms with E-state index in [9.17, 15) is 0 Å². The summed E-state index contributed by atoms with van der Waals surface area (Å²) in [6.07, 6.45) is 6.03. The van der Waals surface area contributed by atoms with Gasteiger partial charge in [0.25, 0.3) is 0 Å². The highest BCUT2D eigenvalue weighted by atomic mass is 35.5. The van der Waals surface area contributed by atoms with E-state index >= 15 is 0 Å². The van der Waals surface area contributed by atoms with Crippen LogP contribution in [0.2, 0.25) is 10.0 Å². The highest BCUT2D eigenvalue weighted by Crippen LogP contribution is 2.22. The zero-order valence-electron chi connectivity index (χ0n) is 13.7. The molecule has 0 spiro atoms. The second-order valence-electron chi connectivity index (χ2n) is 5.63. The summed E-state index contributed by atoms with van der Waals surface area (Å²) in [7, 11) is 0. The van der Waals surface area contributed by atoms with Crippen LogP contribution in [-0.2, 0) is 12.8 Å². The summed E-state index contributed by atoms with van der Waals surface area (Å²) in [4.78, 5) is 12.7. The smallest absolute Gasteiger partial charge is 0.219 e. The van der Waals surface area contributed by atoms with E-state index in [1.807, 2.05) is 37.4 Å². The van der Waals surface area contributed by atoms with Crippen LogP contribution in [0.1, 0.15) is 30.8 Å². The van der Waals surface area contributed by atoms with E-state index in [4.69, 9.17) is 27.9 Å². The molecular formula is C20H21Cl2N3O. The van der Waals surface area contributed by atoms with E-state index in [0.29, 0.717) is 21.7 Å². The van der Waals surface area contributed by atoms with E-state index in [0.717, 1.165) is 36.2 Å². The number of benzene rings is 1. The Morgan fingerprint density at radius 3 is 2.38 bits per heavy atom. The van der Waals surface area contributed by atoms with Crippen molar-refractivity contribution in [3.05, 3.63) is 75.9 Å². The number of aryl methyl sites for hydroxylation is 3. The maximum atomic E-state index is 6.22. The Morgan fingerprint density at radius 2 is 1.69 bits per heavy atom. The summed E-state index contributed by atoms with van der Waals surface area (Å²) in [6.45, 7) is 1.89. The summed E-state index contributed by atoms with van der Waals surface area (Å²) in [6, 6.07) is 11.1. The lowest BCUT2D eigenvalue weighted by atomic mass is 10.1. The molecule has 0 saturated carbocycles. The van der Waals surface area contributed by atoms with Crippen molar-refractivity contribution in [3.8, 4) is 11.6 Å². The SMILES string of the molecule is C.Cc1ncnc(CCCc2ccc(Oc3ccc(Cl)cc3)nc2)c1Cl. The number of hydrogen-bond donors (Lipinski definition) is 0. The monoisotopic (exact) mass is 389 g/mol. The molecule has 0 radical (unpaired) electrons. The topological polar surface area (TPSA) is 47.9 Å². The molecule has 0 aliphatic carbocycles. The number of halogens is 2. The molecule has 4 nitrogen and oxygen atoms in total. The van der Waals surface area contributed by atoms with Crippen molar-refractivity contribution in [1.29, 1.82) is 0 Å². The average molecular weight is 390 g/mol. The Morgan fingerprint density at radius 1 is 0.923 bits per heavy atom. The van der Waals surface area contributed by atoms with Gasteiger partial charge in [0.2, 0.25) is 5.88 Å². The first kappa shape index (κ1) is 20.1. The van der Waals surface area contributed by atoms with Gasteiger partial charge in [-0.25, -0.2) is 15.0 Å². The van der Waals surface area contributed by atoms with Gasteiger partial charge in [-0.3, -0.25) is 0 Å². The normalized spacial score (nSPS) is 10.3. The molecule has 0 saturated heterocycles. The van der Waals surface area contributed by atoms with E-state index in [-0.39, 0.29) is 7.43 Å². The quantitative estimate of drug-likeness (QED) is 0.511. The predicted molar refractivity (Wildman–Crippen MR) is 106 cm³/mol. The Balaban J connectivity index is 0.00000243. The molecule has 0 unspecified atom stereocenters. The maximum absolute atomic E-state index is 6.22. The third-order valence-electron chi connectivity index (χ3n) is 3.75. The van der Waals surface area contributed by atoms with Crippen LogP contribution in [0.25, 0.3) is 0 Å². The molecule has 2 heterocycles. The zero-order valence-corrected chi connectivity index (χ0v) is 15.3. The summed E-state index contributed by atoms with van der Waals surface area (Å²) in [5.74, 6) is 1.26. The Labute approximate surface area is 164 Å². The number of ether oxygens (including phenoxy) is 1. The highest BCUT2D eigenvalue weighted by Gasteiger charge is 2.06. The predicted octanol–water partition coefficient (Wildman–Crippen LogP) is 6.09. The molecule has 1 aromatic carbocycles. The first-order chi connectivity index (χ1) is 12.1. The second-order valence-corrected chi connectivity index (χ2v) is 6.45. The van der Waals surface area contributed by atoms with Crippen molar-refractivity contribution in [1.82, 2.24) is 15.0 Å². The molecule has 0 amide bonds. The molecule has 26 heavy (non-hydrogen) atoms. The van der Waals surface area contributed by atoms with Crippen LogP contribution in [0.3, 0.4) is 0 Å². The molecule has 136 valence electrons. The van der Waals surface area contributed by atoms with E-state index in [1.54, 1.807) is 18.5 Å². The van der Waals surface area contributed by atoms with Gasteiger partial charge in [0, 0.05) is 17.3 Å². The van der Waals surface area contributed by atoms with Gasteiger partial charge in [-0.05, 0) is 56.0 Å². The van der Waals surface area contributed by atoms with Gasteiger partial charge in [0.05, 0.1) is 16.4 Å². The number of hydrogen-bond acceptors (Lipinski definition) is 4. The molecule has 3 rings (SSSR count). The van der Waals surface area contributed by atoms with Crippen LogP contribution in [0.15, 0.2) is 48.9 Å². The summed E-state index contributed by atoms with van der Waals surface area (Å²) in [5.41, 5.74) is 2.85. The first-order valence-electron chi connectivity index (χ1n) is 7.96. The fourth-order valence-corrected chi connectivity index (χ4v) is 2.70. The van der Waals surface area contributed by atoms with E-state index < -0.39 is 0 Å². The zero-order chi connectivity index (χ0) is 17.6. The molecule has 0 aliphatic heterocycles. The van der Waals surface area contributed by atoms with Crippen LogP contribution in [-0.4, -0.2) is 15.0 Å². The van der Waals surface area contributed by atoms with Crippen molar-refractivity contribution < 1.29 is 4.74 Å². The van der Waals surface area contributed by atoms with Crippen LogP contribution in [0.5, 0.6) is 11.6 Å². The molecular weight excluding hydrogens is 369 g/mol. The van der Waals surface area contributed by atoms with Gasteiger partial charge >= 0.3 is 0 Å². The minimum Gasteiger partial charge on any atom is -0.439 e. The summed E-state index contributed by atoms with van der Waals surface area (Å²) < 4.78 is 5.69. The third kappa shape index (κ3) is 5.41. The average Bonchev–Trinajstić information content (AvgIpc) is 2.62. The van der Waals surface area contributed by atoms with Gasteiger partial charge in [0.15, 0.2) is 0 Å². The fraction of sp³-hybridized carbons (Fsp3) is 0.250. The van der Waals surface area contributed by atoms with Crippen LogP contribution in [0, 0.1) is 6.92 Å². The Bertz CT molecular complexity index is 837. The van der Waals surface area contributed by atoms with Crippen molar-refractivity contribution in [2.75, 3.05) is 0 Å². The van der Waals surface area contributed by atoms with Gasteiger partial charge in [0.1, 0.15) is 12.1 Å². The third-order valence-corrected chi connectivity index (χ3v) is 4.49. The van der Waals surface area contributed by atoms with Gasteiger partial charge in [-0.2, -0.15) is 0 Å². The Hall–Kier alpha value is -2.17. The lowest BCUT2D eigenvalue weighted by Crippen LogP contribution is -1.98. The number of nitrogens with zero attached hydrogens (tertiary/aromatic N) is 3. The maximum Gasteiger partial charge on any atom is 0.219 e. The van der Waals surface area contributed by atoms with Crippen LogP contribution >= 0.6 is 23.2 Å². The largest absolute Gasteiger partial charge is 0.439 e. The lowest BCUT2D eigenvalue weighted by molar-refractivity contribution is 0.462. The summed E-state index contributed by atoms with van der Waals surface area (Å²) in [5, 5.41) is 1.34. The van der Waals surface area contributed by atoms with Gasteiger partial charge in [-0.1, -0.05) is 36.7 Å². The van der Waals surface area contributed by atoms with Crippen molar-refractivity contribution in [3.63, 3.8) is 0 Å². The number of pyridine rings is 1. The van der Waals surface area contributed by atoms with Crippen LogP contribution in [0.4, 0.5) is 0 Å². The molecule has 3 aromatic rings. The van der Waals surface area contributed by atoms with Crippen molar-refractivity contribution >= 4 is 23.2 Å². The summed E-state index contributed by atoms with van der Waals surface area (Å²) >= 11 is 12.1. The van der Waals surface area contributed by atoms with E-state index in [1.165, 1.54) is 0 Å². The second kappa shape index (κ2) is 9.51. The highest BCUT2D eigenvalue weighted by molar-refractivity contribution is 6.31. The van der Waals surface area contributed by atoms with Gasteiger partial charge < -0.3 is 4.74 Å². The molecule has 0 aliphatic rings. The molecule has 0 fully saturated rings. The van der Waals surface area contributed by atoms with Crippen molar-refractivity contribution in [2.45, 2.75) is 33.6 Å². The fourth-order valence-electron chi connectivity index (χ4n) is 2.38.